The minimum atomic E-state index is -0.457. The van der Waals surface area contributed by atoms with E-state index in [-0.39, 0.29) is 11.5 Å². The van der Waals surface area contributed by atoms with Crippen molar-refractivity contribution in [2.24, 2.45) is 5.92 Å². The Kier molecular flexibility index (Phi) is 5.74. The van der Waals surface area contributed by atoms with Gasteiger partial charge in [0.25, 0.3) is 5.91 Å². The van der Waals surface area contributed by atoms with E-state index in [1.807, 2.05) is 6.92 Å². The van der Waals surface area contributed by atoms with Crippen molar-refractivity contribution in [3.05, 3.63) is 35.1 Å². The van der Waals surface area contributed by atoms with Crippen LogP contribution in [0.5, 0.6) is 0 Å². The molecule has 1 N–H and O–H groups in total. The molecule has 3 nitrogen and oxygen atoms in total. The maximum Gasteiger partial charge on any atom is 0.254 e. The third kappa shape index (κ3) is 4.81. The lowest BCUT2D eigenvalue weighted by Gasteiger charge is -2.29. The molecule has 2 rings (SSSR count). The van der Waals surface area contributed by atoms with Crippen LogP contribution in [-0.2, 0) is 0 Å². The van der Waals surface area contributed by atoms with E-state index < -0.39 is 5.82 Å². The summed E-state index contributed by atoms with van der Waals surface area (Å²) in [5.41, 5.74) is 1.03. The summed E-state index contributed by atoms with van der Waals surface area (Å²) in [6, 6.07) is 4.62. The summed E-state index contributed by atoms with van der Waals surface area (Å²) in [4.78, 5) is 14.5. The number of hydrogen-bond acceptors (Lipinski definition) is 2. The minimum absolute atomic E-state index is 0.139. The summed E-state index contributed by atoms with van der Waals surface area (Å²) in [5.74, 6) is -0.400. The van der Waals surface area contributed by atoms with Crippen molar-refractivity contribution in [2.45, 2.75) is 33.1 Å². The zero-order valence-corrected chi connectivity index (χ0v) is 13.0. The largest absolute Gasteiger partial charge is 0.352 e. The van der Waals surface area contributed by atoms with Gasteiger partial charge in [0.2, 0.25) is 0 Å². The number of halogens is 1. The van der Waals surface area contributed by atoms with E-state index in [9.17, 15) is 9.18 Å². The number of likely N-dealkylation sites (tertiary alicyclic amines) is 1. The van der Waals surface area contributed by atoms with Crippen molar-refractivity contribution in [2.75, 3.05) is 26.2 Å². The number of nitrogens with one attached hydrogen (secondary N) is 1. The predicted molar refractivity (Wildman–Crippen MR) is 82.9 cm³/mol. The predicted octanol–water partition coefficient (Wildman–Crippen LogP) is 2.99. The van der Waals surface area contributed by atoms with Crippen LogP contribution in [-0.4, -0.2) is 37.0 Å². The van der Waals surface area contributed by atoms with Crippen molar-refractivity contribution in [1.82, 2.24) is 10.2 Å². The van der Waals surface area contributed by atoms with E-state index in [2.05, 4.69) is 17.1 Å². The summed E-state index contributed by atoms with van der Waals surface area (Å²) >= 11 is 0. The van der Waals surface area contributed by atoms with E-state index in [0.29, 0.717) is 12.5 Å². The number of rotatable bonds is 5. The van der Waals surface area contributed by atoms with Gasteiger partial charge in [0, 0.05) is 13.1 Å². The smallest absolute Gasteiger partial charge is 0.254 e. The van der Waals surface area contributed by atoms with Gasteiger partial charge in [0.15, 0.2) is 0 Å². The Labute approximate surface area is 126 Å². The summed E-state index contributed by atoms with van der Waals surface area (Å²) in [5, 5.41) is 2.85. The van der Waals surface area contributed by atoms with Crippen LogP contribution in [0.25, 0.3) is 0 Å². The van der Waals surface area contributed by atoms with Gasteiger partial charge in [-0.25, -0.2) is 4.39 Å². The second-order valence-electron chi connectivity index (χ2n) is 6.16. The second kappa shape index (κ2) is 7.55. The van der Waals surface area contributed by atoms with Crippen LogP contribution < -0.4 is 5.32 Å². The fraction of sp³-hybridized carbons (Fsp3) is 0.588. The monoisotopic (exact) mass is 292 g/mol. The average Bonchev–Trinajstić information content (AvgIpc) is 2.48. The Bertz CT molecular complexity index is 484. The van der Waals surface area contributed by atoms with Crippen LogP contribution in [0.15, 0.2) is 18.2 Å². The van der Waals surface area contributed by atoms with Gasteiger partial charge in [0.1, 0.15) is 5.82 Å². The second-order valence-corrected chi connectivity index (χ2v) is 6.16. The number of amides is 1. The Morgan fingerprint density at radius 3 is 2.76 bits per heavy atom. The average molecular weight is 292 g/mol. The van der Waals surface area contributed by atoms with Crippen LogP contribution in [0.1, 0.15) is 42.1 Å². The number of hydrogen-bond donors (Lipinski definition) is 1. The SMILES string of the molecule is Cc1ccc(F)c(C(=O)NCC(C)CN2CCCCC2)c1. The highest BCUT2D eigenvalue weighted by atomic mass is 19.1. The fourth-order valence-electron chi connectivity index (χ4n) is 2.82. The Balaban J connectivity index is 1.81. The van der Waals surface area contributed by atoms with Crippen molar-refractivity contribution < 1.29 is 9.18 Å². The molecule has 1 aromatic carbocycles. The van der Waals surface area contributed by atoms with E-state index in [1.165, 1.54) is 25.3 Å². The molecule has 4 heteroatoms. The molecule has 0 aliphatic carbocycles. The summed E-state index contributed by atoms with van der Waals surface area (Å²) in [6.45, 7) is 7.88. The quantitative estimate of drug-likeness (QED) is 0.905. The maximum absolute atomic E-state index is 13.6. The molecule has 0 saturated carbocycles. The highest BCUT2D eigenvalue weighted by Crippen LogP contribution is 2.12. The summed E-state index contributed by atoms with van der Waals surface area (Å²) < 4.78 is 13.6. The maximum atomic E-state index is 13.6. The van der Waals surface area contributed by atoms with Crippen molar-refractivity contribution in [1.29, 1.82) is 0 Å². The molecule has 0 radical (unpaired) electrons. The van der Waals surface area contributed by atoms with E-state index in [0.717, 1.165) is 25.2 Å². The normalized spacial score (nSPS) is 17.5. The van der Waals surface area contributed by atoms with E-state index >= 15 is 0 Å². The van der Waals surface area contributed by atoms with Crippen LogP contribution in [0.2, 0.25) is 0 Å². The van der Waals surface area contributed by atoms with Gasteiger partial charge in [-0.05, 0) is 50.9 Å². The lowest BCUT2D eigenvalue weighted by molar-refractivity contribution is 0.0938. The molecule has 1 aromatic rings. The lowest BCUT2D eigenvalue weighted by Crippen LogP contribution is -2.38. The van der Waals surface area contributed by atoms with Crippen LogP contribution in [0.4, 0.5) is 4.39 Å². The number of carbonyl (C=O) groups excluding carboxylic acids is 1. The van der Waals surface area contributed by atoms with Crippen LogP contribution in [0, 0.1) is 18.7 Å². The molecule has 1 atom stereocenters. The van der Waals surface area contributed by atoms with Gasteiger partial charge >= 0.3 is 0 Å². The van der Waals surface area contributed by atoms with E-state index in [4.69, 9.17) is 0 Å². The van der Waals surface area contributed by atoms with Gasteiger partial charge in [-0.3, -0.25) is 4.79 Å². The topological polar surface area (TPSA) is 32.3 Å². The Morgan fingerprint density at radius 1 is 1.33 bits per heavy atom. The number of piperidine rings is 1. The molecule has 1 aliphatic rings. The number of benzene rings is 1. The highest BCUT2D eigenvalue weighted by Gasteiger charge is 2.16. The number of carbonyl (C=O) groups is 1. The van der Waals surface area contributed by atoms with Gasteiger partial charge < -0.3 is 10.2 Å². The van der Waals surface area contributed by atoms with Crippen LogP contribution in [0.3, 0.4) is 0 Å². The number of nitrogens with zero attached hydrogens (tertiary/aromatic N) is 1. The molecule has 21 heavy (non-hydrogen) atoms. The first kappa shape index (κ1) is 16.0. The van der Waals surface area contributed by atoms with Gasteiger partial charge in [-0.15, -0.1) is 0 Å². The molecule has 1 fully saturated rings. The van der Waals surface area contributed by atoms with E-state index in [1.54, 1.807) is 12.1 Å². The number of aryl methyl sites for hydroxylation is 1. The first-order chi connectivity index (χ1) is 10.1. The molecule has 0 aromatic heterocycles. The van der Waals surface area contributed by atoms with Crippen molar-refractivity contribution in [3.8, 4) is 0 Å². The Hall–Kier alpha value is -1.42. The van der Waals surface area contributed by atoms with Gasteiger partial charge in [-0.1, -0.05) is 25.0 Å². The standard InChI is InChI=1S/C17H25FN2O/c1-13-6-7-16(18)15(10-13)17(21)19-11-14(2)12-20-8-4-3-5-9-20/h6-7,10,14H,3-5,8-9,11-12H2,1-2H3,(H,19,21). The molecule has 1 aliphatic heterocycles. The first-order valence-electron chi connectivity index (χ1n) is 7.83. The Morgan fingerprint density at radius 2 is 2.05 bits per heavy atom. The fourth-order valence-corrected chi connectivity index (χ4v) is 2.82. The third-order valence-corrected chi connectivity index (χ3v) is 4.00. The molecule has 0 bridgehead atoms. The summed E-state index contributed by atoms with van der Waals surface area (Å²) in [7, 11) is 0. The molecular weight excluding hydrogens is 267 g/mol. The zero-order valence-electron chi connectivity index (χ0n) is 13.0. The third-order valence-electron chi connectivity index (χ3n) is 4.00. The zero-order chi connectivity index (χ0) is 15.2. The van der Waals surface area contributed by atoms with Gasteiger partial charge in [0.05, 0.1) is 5.56 Å². The molecule has 1 heterocycles. The molecule has 1 saturated heterocycles. The van der Waals surface area contributed by atoms with Crippen molar-refractivity contribution >= 4 is 5.91 Å². The molecule has 0 spiro atoms. The molecular formula is C17H25FN2O. The minimum Gasteiger partial charge on any atom is -0.352 e. The van der Waals surface area contributed by atoms with Crippen LogP contribution >= 0.6 is 0 Å². The molecule has 1 unspecified atom stereocenters. The highest BCUT2D eigenvalue weighted by molar-refractivity contribution is 5.94. The van der Waals surface area contributed by atoms with Crippen molar-refractivity contribution in [3.63, 3.8) is 0 Å². The molecule has 116 valence electrons. The summed E-state index contributed by atoms with van der Waals surface area (Å²) in [6.07, 6.45) is 3.87. The lowest BCUT2D eigenvalue weighted by atomic mass is 10.1. The first-order valence-corrected chi connectivity index (χ1v) is 7.83. The molecule has 1 amide bonds. The van der Waals surface area contributed by atoms with Gasteiger partial charge in [-0.2, -0.15) is 0 Å².